The molecule has 0 spiro atoms. The van der Waals surface area contributed by atoms with E-state index in [1.165, 1.54) is 12.1 Å². The van der Waals surface area contributed by atoms with Crippen molar-refractivity contribution in [3.8, 4) is 5.75 Å². The summed E-state index contributed by atoms with van der Waals surface area (Å²) >= 11 is 0. The molecule has 0 fully saturated rings. The van der Waals surface area contributed by atoms with Crippen LogP contribution in [0.5, 0.6) is 5.75 Å². The summed E-state index contributed by atoms with van der Waals surface area (Å²) in [4.78, 5) is 10.2. The lowest BCUT2D eigenvalue weighted by molar-refractivity contribution is -0.384. The van der Waals surface area contributed by atoms with E-state index in [-0.39, 0.29) is 5.69 Å². The van der Waals surface area contributed by atoms with E-state index in [1.54, 1.807) is 6.07 Å². The van der Waals surface area contributed by atoms with Crippen LogP contribution in [0.4, 0.5) is 22.7 Å². The van der Waals surface area contributed by atoms with Crippen LogP contribution in [-0.2, 0) is 0 Å². The molecule has 0 aliphatic heterocycles. The van der Waals surface area contributed by atoms with Crippen molar-refractivity contribution in [1.29, 1.82) is 0 Å². The Kier molecular flexibility index (Phi) is 4.05. The van der Waals surface area contributed by atoms with Gasteiger partial charge >= 0.3 is 0 Å². The number of anilines is 3. The molecule has 0 bridgehead atoms. The number of nitrogens with two attached hydrogens (primary N) is 1. The number of nitro groups is 1. The van der Waals surface area contributed by atoms with E-state index in [9.17, 15) is 10.1 Å². The molecule has 0 saturated heterocycles. The predicted octanol–water partition coefficient (Wildman–Crippen LogP) is 3.32. The second-order valence-electron chi connectivity index (χ2n) is 4.11. The van der Waals surface area contributed by atoms with Gasteiger partial charge in [-0.15, -0.1) is 0 Å². The molecule has 0 amide bonds. The number of hydrogen-bond acceptors (Lipinski definition) is 5. The van der Waals surface area contributed by atoms with Gasteiger partial charge in [0.15, 0.2) is 0 Å². The van der Waals surface area contributed by atoms with Gasteiger partial charge in [-0.25, -0.2) is 0 Å². The zero-order valence-corrected chi connectivity index (χ0v) is 11.0. The zero-order chi connectivity index (χ0) is 14.5. The number of non-ortho nitro benzene ring substituents is 1. The van der Waals surface area contributed by atoms with Crippen LogP contribution >= 0.6 is 0 Å². The second-order valence-corrected chi connectivity index (χ2v) is 4.11. The molecule has 104 valence electrons. The quantitative estimate of drug-likeness (QED) is 0.495. The fourth-order valence-electron chi connectivity index (χ4n) is 1.73. The third-order valence-electron chi connectivity index (χ3n) is 2.69. The Balaban J connectivity index is 2.15. The summed E-state index contributed by atoms with van der Waals surface area (Å²) in [6, 6.07) is 11.7. The van der Waals surface area contributed by atoms with Crippen LogP contribution in [0, 0.1) is 10.1 Å². The van der Waals surface area contributed by atoms with Gasteiger partial charge < -0.3 is 15.8 Å². The van der Waals surface area contributed by atoms with Crippen LogP contribution < -0.4 is 15.8 Å². The molecule has 0 aliphatic rings. The molecule has 20 heavy (non-hydrogen) atoms. The van der Waals surface area contributed by atoms with E-state index < -0.39 is 4.92 Å². The highest BCUT2D eigenvalue weighted by molar-refractivity contribution is 5.74. The molecule has 3 N–H and O–H groups in total. The fourth-order valence-corrected chi connectivity index (χ4v) is 1.73. The lowest BCUT2D eigenvalue weighted by Crippen LogP contribution is -1.98. The molecule has 0 heterocycles. The highest BCUT2D eigenvalue weighted by Crippen LogP contribution is 2.27. The molecule has 2 aromatic rings. The van der Waals surface area contributed by atoms with E-state index >= 15 is 0 Å². The Bertz CT molecular complexity index is 612. The van der Waals surface area contributed by atoms with E-state index in [0.29, 0.717) is 18.0 Å². The molecule has 2 rings (SSSR count). The minimum atomic E-state index is -0.475. The summed E-state index contributed by atoms with van der Waals surface area (Å²) in [5.74, 6) is 0.787. The molecule has 0 unspecified atom stereocenters. The van der Waals surface area contributed by atoms with E-state index in [0.717, 1.165) is 11.4 Å². The minimum Gasteiger partial charge on any atom is -0.494 e. The van der Waals surface area contributed by atoms with Gasteiger partial charge in [-0.1, -0.05) is 0 Å². The van der Waals surface area contributed by atoms with Gasteiger partial charge in [0.1, 0.15) is 5.75 Å². The summed E-state index contributed by atoms with van der Waals surface area (Å²) in [6.07, 6.45) is 0. The Hall–Kier alpha value is -2.76. The Morgan fingerprint density at radius 3 is 2.50 bits per heavy atom. The smallest absolute Gasteiger partial charge is 0.271 e. The predicted molar refractivity (Wildman–Crippen MR) is 78.4 cm³/mol. The molecular weight excluding hydrogens is 258 g/mol. The summed E-state index contributed by atoms with van der Waals surface area (Å²) < 4.78 is 5.35. The average Bonchev–Trinajstić information content (AvgIpc) is 2.43. The van der Waals surface area contributed by atoms with Gasteiger partial charge in [0, 0.05) is 17.8 Å². The SMILES string of the molecule is CCOc1ccc(Nc2ccc([N+](=O)[O-])cc2N)cc1. The summed E-state index contributed by atoms with van der Waals surface area (Å²) in [7, 11) is 0. The first-order valence-corrected chi connectivity index (χ1v) is 6.14. The maximum atomic E-state index is 10.6. The molecule has 6 heteroatoms. The molecule has 0 radical (unpaired) electrons. The van der Waals surface area contributed by atoms with Crippen LogP contribution in [0.3, 0.4) is 0 Å². The van der Waals surface area contributed by atoms with Crippen molar-refractivity contribution >= 4 is 22.7 Å². The second kappa shape index (κ2) is 5.92. The van der Waals surface area contributed by atoms with E-state index in [1.807, 2.05) is 31.2 Å². The number of nitrogens with zero attached hydrogens (tertiary/aromatic N) is 1. The van der Waals surface area contributed by atoms with Crippen LogP contribution in [0.15, 0.2) is 42.5 Å². The largest absolute Gasteiger partial charge is 0.494 e. The number of benzene rings is 2. The zero-order valence-electron chi connectivity index (χ0n) is 11.0. The van der Waals surface area contributed by atoms with Gasteiger partial charge in [-0.3, -0.25) is 10.1 Å². The van der Waals surface area contributed by atoms with E-state index in [4.69, 9.17) is 10.5 Å². The van der Waals surface area contributed by atoms with Gasteiger partial charge in [0.05, 0.1) is 22.9 Å². The van der Waals surface area contributed by atoms with Crippen molar-refractivity contribution in [1.82, 2.24) is 0 Å². The molecule has 0 aromatic heterocycles. The first-order valence-electron chi connectivity index (χ1n) is 6.14. The van der Waals surface area contributed by atoms with Gasteiger partial charge in [0.25, 0.3) is 5.69 Å². The van der Waals surface area contributed by atoms with Crippen molar-refractivity contribution in [3.63, 3.8) is 0 Å². The van der Waals surface area contributed by atoms with Crippen molar-refractivity contribution in [2.45, 2.75) is 6.92 Å². The standard InChI is InChI=1S/C14H15N3O3/c1-2-20-12-6-3-10(4-7-12)16-14-8-5-11(17(18)19)9-13(14)15/h3-9,16H,2,15H2,1H3. The number of nitro benzene ring substituents is 1. The maximum Gasteiger partial charge on any atom is 0.271 e. The van der Waals surface area contributed by atoms with Crippen molar-refractivity contribution in [3.05, 3.63) is 52.6 Å². The number of hydrogen-bond donors (Lipinski definition) is 2. The van der Waals surface area contributed by atoms with Crippen LogP contribution in [0.2, 0.25) is 0 Å². The van der Waals surface area contributed by atoms with E-state index in [2.05, 4.69) is 5.32 Å². The molecule has 6 nitrogen and oxygen atoms in total. The lowest BCUT2D eigenvalue weighted by Gasteiger charge is -2.10. The molecular formula is C14H15N3O3. The summed E-state index contributed by atoms with van der Waals surface area (Å²) in [5.41, 5.74) is 7.54. The highest BCUT2D eigenvalue weighted by Gasteiger charge is 2.08. The number of ether oxygens (including phenoxy) is 1. The van der Waals surface area contributed by atoms with Crippen molar-refractivity contribution < 1.29 is 9.66 Å². The summed E-state index contributed by atoms with van der Waals surface area (Å²) in [5, 5.41) is 13.7. The molecule has 0 saturated carbocycles. The number of nitrogens with one attached hydrogen (secondary N) is 1. The van der Waals surface area contributed by atoms with Crippen LogP contribution in [0.25, 0.3) is 0 Å². The van der Waals surface area contributed by atoms with Gasteiger partial charge in [-0.05, 0) is 37.3 Å². The third-order valence-corrected chi connectivity index (χ3v) is 2.69. The van der Waals surface area contributed by atoms with Crippen LogP contribution in [0.1, 0.15) is 6.92 Å². The first-order chi connectivity index (χ1) is 9.60. The Morgan fingerprint density at radius 2 is 1.95 bits per heavy atom. The van der Waals surface area contributed by atoms with Crippen molar-refractivity contribution in [2.75, 3.05) is 17.7 Å². The number of nitrogen functional groups attached to an aromatic ring is 1. The average molecular weight is 273 g/mol. The lowest BCUT2D eigenvalue weighted by atomic mass is 10.2. The normalized spacial score (nSPS) is 10.1. The van der Waals surface area contributed by atoms with Crippen LogP contribution in [-0.4, -0.2) is 11.5 Å². The van der Waals surface area contributed by atoms with Gasteiger partial charge in [0.2, 0.25) is 0 Å². The minimum absolute atomic E-state index is 0.0280. The maximum absolute atomic E-state index is 10.6. The molecule has 2 aromatic carbocycles. The Labute approximate surface area is 116 Å². The highest BCUT2D eigenvalue weighted by atomic mass is 16.6. The third kappa shape index (κ3) is 3.17. The fraction of sp³-hybridized carbons (Fsp3) is 0.143. The summed E-state index contributed by atoms with van der Waals surface area (Å²) in [6.45, 7) is 2.53. The topological polar surface area (TPSA) is 90.4 Å². The number of rotatable bonds is 5. The first kappa shape index (κ1) is 13.7. The van der Waals surface area contributed by atoms with Crippen molar-refractivity contribution in [2.24, 2.45) is 0 Å². The molecule has 0 aliphatic carbocycles. The Morgan fingerprint density at radius 1 is 1.25 bits per heavy atom. The monoisotopic (exact) mass is 273 g/mol. The van der Waals surface area contributed by atoms with Gasteiger partial charge in [-0.2, -0.15) is 0 Å². The molecule has 0 atom stereocenters.